The zero-order valence-electron chi connectivity index (χ0n) is 8.77. The second-order valence-electron chi connectivity index (χ2n) is 3.69. The Hall–Kier alpha value is -1.48. The molecule has 0 spiro atoms. The van der Waals surface area contributed by atoms with Crippen LogP contribution in [0.15, 0.2) is 47.8 Å². The highest BCUT2D eigenvalue weighted by molar-refractivity contribution is 5.33. The molecule has 0 saturated carbocycles. The fraction of sp³-hybridized carbons (Fsp3) is 0.333. The van der Waals surface area contributed by atoms with E-state index in [0.717, 1.165) is 24.2 Å². The summed E-state index contributed by atoms with van der Waals surface area (Å²) in [6.45, 7) is 1.87. The van der Waals surface area contributed by atoms with Gasteiger partial charge in [-0.05, 0) is 25.3 Å². The SMILES string of the molecule is CC(N)C1=COC=C(C2=CC=CCC2)O1. The Balaban J connectivity index is 2.09. The van der Waals surface area contributed by atoms with E-state index in [-0.39, 0.29) is 6.04 Å². The normalized spacial score (nSPS) is 21.9. The summed E-state index contributed by atoms with van der Waals surface area (Å²) < 4.78 is 10.9. The maximum atomic E-state index is 5.72. The van der Waals surface area contributed by atoms with Crippen LogP contribution in [0.4, 0.5) is 0 Å². The molecule has 0 aromatic rings. The lowest BCUT2D eigenvalue weighted by atomic mass is 10.0. The first-order valence-corrected chi connectivity index (χ1v) is 5.12. The number of hydrogen-bond acceptors (Lipinski definition) is 3. The molecule has 0 aromatic heterocycles. The number of nitrogens with two attached hydrogens (primary N) is 1. The fourth-order valence-electron chi connectivity index (χ4n) is 1.49. The van der Waals surface area contributed by atoms with Crippen molar-refractivity contribution < 1.29 is 9.47 Å². The molecule has 0 aromatic carbocycles. The maximum Gasteiger partial charge on any atom is 0.165 e. The third kappa shape index (κ3) is 2.30. The Morgan fingerprint density at radius 3 is 2.93 bits per heavy atom. The van der Waals surface area contributed by atoms with Gasteiger partial charge in [0.05, 0.1) is 6.04 Å². The molecule has 80 valence electrons. The van der Waals surface area contributed by atoms with Crippen LogP contribution in [0.25, 0.3) is 0 Å². The average Bonchev–Trinajstić information content (AvgIpc) is 2.30. The van der Waals surface area contributed by atoms with Crippen molar-refractivity contribution in [2.75, 3.05) is 0 Å². The van der Waals surface area contributed by atoms with Crippen LogP contribution < -0.4 is 5.73 Å². The summed E-state index contributed by atoms with van der Waals surface area (Å²) in [5, 5.41) is 0. The summed E-state index contributed by atoms with van der Waals surface area (Å²) in [4.78, 5) is 0. The van der Waals surface area contributed by atoms with Crippen molar-refractivity contribution in [1.29, 1.82) is 0 Å². The summed E-state index contributed by atoms with van der Waals surface area (Å²) in [6, 6.07) is -0.145. The van der Waals surface area contributed by atoms with E-state index in [1.807, 2.05) is 19.1 Å². The number of ether oxygens (including phenoxy) is 2. The van der Waals surface area contributed by atoms with Gasteiger partial charge in [0, 0.05) is 0 Å². The molecule has 0 fully saturated rings. The molecule has 1 atom stereocenters. The fourth-order valence-corrected chi connectivity index (χ4v) is 1.49. The lowest BCUT2D eigenvalue weighted by molar-refractivity contribution is 0.213. The average molecular weight is 205 g/mol. The van der Waals surface area contributed by atoms with Gasteiger partial charge in [0.25, 0.3) is 0 Å². The molecule has 15 heavy (non-hydrogen) atoms. The Kier molecular flexibility index (Phi) is 2.92. The summed E-state index contributed by atoms with van der Waals surface area (Å²) in [5.74, 6) is 1.44. The van der Waals surface area contributed by atoms with Gasteiger partial charge in [0.2, 0.25) is 0 Å². The highest BCUT2D eigenvalue weighted by Crippen LogP contribution is 2.26. The van der Waals surface area contributed by atoms with Crippen molar-refractivity contribution in [3.05, 3.63) is 47.8 Å². The number of allylic oxidation sites excluding steroid dienone is 4. The van der Waals surface area contributed by atoms with Crippen LogP contribution in [0.1, 0.15) is 19.8 Å². The zero-order valence-corrected chi connectivity index (χ0v) is 8.77. The highest BCUT2D eigenvalue weighted by Gasteiger charge is 2.16. The van der Waals surface area contributed by atoms with Gasteiger partial charge in [-0.3, -0.25) is 0 Å². The minimum atomic E-state index is -0.145. The minimum Gasteiger partial charge on any atom is -0.465 e. The molecule has 1 aliphatic carbocycles. The molecular weight excluding hydrogens is 190 g/mol. The minimum absolute atomic E-state index is 0.145. The van der Waals surface area contributed by atoms with Crippen LogP contribution in [0, 0.1) is 0 Å². The monoisotopic (exact) mass is 205 g/mol. The van der Waals surface area contributed by atoms with E-state index in [9.17, 15) is 0 Å². The van der Waals surface area contributed by atoms with Gasteiger partial charge in [-0.25, -0.2) is 0 Å². The molecule has 0 saturated heterocycles. The van der Waals surface area contributed by atoms with Gasteiger partial charge in [-0.1, -0.05) is 18.2 Å². The largest absolute Gasteiger partial charge is 0.465 e. The molecule has 0 bridgehead atoms. The molecule has 1 aliphatic heterocycles. The van der Waals surface area contributed by atoms with Crippen molar-refractivity contribution in [2.45, 2.75) is 25.8 Å². The van der Waals surface area contributed by atoms with Crippen LogP contribution in [0.3, 0.4) is 0 Å². The number of hydrogen-bond donors (Lipinski definition) is 1. The molecule has 2 rings (SSSR count). The van der Waals surface area contributed by atoms with Crippen LogP contribution in [-0.4, -0.2) is 6.04 Å². The first kappa shape index (κ1) is 10.1. The Labute approximate surface area is 89.6 Å². The quantitative estimate of drug-likeness (QED) is 0.752. The van der Waals surface area contributed by atoms with E-state index in [1.165, 1.54) is 0 Å². The van der Waals surface area contributed by atoms with Crippen molar-refractivity contribution in [2.24, 2.45) is 5.73 Å². The Bertz CT molecular complexity index is 362. The predicted molar refractivity (Wildman–Crippen MR) is 58.4 cm³/mol. The van der Waals surface area contributed by atoms with Gasteiger partial charge in [0.15, 0.2) is 11.5 Å². The van der Waals surface area contributed by atoms with Crippen LogP contribution in [-0.2, 0) is 9.47 Å². The van der Waals surface area contributed by atoms with E-state index in [0.29, 0.717) is 5.76 Å². The second kappa shape index (κ2) is 4.36. The van der Waals surface area contributed by atoms with E-state index < -0.39 is 0 Å². The first-order valence-electron chi connectivity index (χ1n) is 5.12. The number of rotatable bonds is 2. The van der Waals surface area contributed by atoms with Gasteiger partial charge >= 0.3 is 0 Å². The lowest BCUT2D eigenvalue weighted by Crippen LogP contribution is -2.21. The molecule has 0 radical (unpaired) electrons. The van der Waals surface area contributed by atoms with E-state index >= 15 is 0 Å². The second-order valence-corrected chi connectivity index (χ2v) is 3.69. The van der Waals surface area contributed by atoms with Crippen molar-refractivity contribution in [3.8, 4) is 0 Å². The van der Waals surface area contributed by atoms with E-state index in [1.54, 1.807) is 12.5 Å². The Morgan fingerprint density at radius 2 is 2.27 bits per heavy atom. The van der Waals surface area contributed by atoms with Gasteiger partial charge in [-0.2, -0.15) is 0 Å². The molecule has 3 nitrogen and oxygen atoms in total. The van der Waals surface area contributed by atoms with Crippen LogP contribution in [0.2, 0.25) is 0 Å². The van der Waals surface area contributed by atoms with Crippen LogP contribution in [0.5, 0.6) is 0 Å². The van der Waals surface area contributed by atoms with Gasteiger partial charge in [0.1, 0.15) is 12.5 Å². The van der Waals surface area contributed by atoms with Crippen LogP contribution >= 0.6 is 0 Å². The van der Waals surface area contributed by atoms with Crippen molar-refractivity contribution >= 4 is 0 Å². The molecule has 2 aliphatic rings. The molecule has 1 heterocycles. The highest BCUT2D eigenvalue weighted by atomic mass is 16.5. The third-order valence-electron chi connectivity index (χ3n) is 2.37. The summed E-state index contributed by atoms with van der Waals surface area (Å²) in [5.41, 5.74) is 6.88. The van der Waals surface area contributed by atoms with Gasteiger partial charge < -0.3 is 15.2 Å². The molecule has 3 heteroatoms. The summed E-state index contributed by atoms with van der Waals surface area (Å²) in [6.07, 6.45) is 11.4. The maximum absolute atomic E-state index is 5.72. The molecular formula is C12H15NO2. The zero-order chi connectivity index (χ0) is 10.7. The lowest BCUT2D eigenvalue weighted by Gasteiger charge is -2.21. The molecule has 2 N–H and O–H groups in total. The van der Waals surface area contributed by atoms with Gasteiger partial charge in [-0.15, -0.1) is 0 Å². The summed E-state index contributed by atoms with van der Waals surface area (Å²) >= 11 is 0. The van der Waals surface area contributed by atoms with E-state index in [4.69, 9.17) is 15.2 Å². The summed E-state index contributed by atoms with van der Waals surface area (Å²) in [7, 11) is 0. The van der Waals surface area contributed by atoms with Crippen molar-refractivity contribution in [3.63, 3.8) is 0 Å². The molecule has 0 amide bonds. The molecule has 1 unspecified atom stereocenters. The standard InChI is InChI=1S/C12H15NO2/c1-9(13)11-7-14-8-12(15-11)10-5-3-2-4-6-10/h2-3,5,7-9H,4,6,13H2,1H3. The Morgan fingerprint density at radius 1 is 1.40 bits per heavy atom. The smallest absolute Gasteiger partial charge is 0.165 e. The first-order chi connectivity index (χ1) is 7.27. The van der Waals surface area contributed by atoms with E-state index in [2.05, 4.69) is 6.08 Å². The third-order valence-corrected chi connectivity index (χ3v) is 2.37. The predicted octanol–water partition coefficient (Wildman–Crippen LogP) is 2.34. The topological polar surface area (TPSA) is 44.5 Å². The van der Waals surface area contributed by atoms with Crippen molar-refractivity contribution in [1.82, 2.24) is 0 Å².